The van der Waals surface area contributed by atoms with Gasteiger partial charge in [-0.2, -0.15) is 18.3 Å². The minimum absolute atomic E-state index is 0.0183. The fourth-order valence-electron chi connectivity index (χ4n) is 6.05. The van der Waals surface area contributed by atoms with Gasteiger partial charge in [0.1, 0.15) is 11.3 Å². The van der Waals surface area contributed by atoms with Crippen LogP contribution in [0.25, 0.3) is 11.2 Å². The van der Waals surface area contributed by atoms with Gasteiger partial charge in [0, 0.05) is 37.6 Å². The van der Waals surface area contributed by atoms with Gasteiger partial charge in [0.15, 0.2) is 11.5 Å². The van der Waals surface area contributed by atoms with Crippen LogP contribution in [0.2, 0.25) is 0 Å². The Labute approximate surface area is 206 Å². The molecule has 2 bridgehead atoms. The normalized spacial score (nSPS) is 29.5. The van der Waals surface area contributed by atoms with Crippen molar-refractivity contribution in [2.45, 2.75) is 69.6 Å². The lowest BCUT2D eigenvalue weighted by Gasteiger charge is -2.70. The van der Waals surface area contributed by atoms with Gasteiger partial charge in [-0.05, 0) is 52.0 Å². The lowest BCUT2D eigenvalue weighted by atomic mass is 9.34. The van der Waals surface area contributed by atoms with Crippen molar-refractivity contribution in [1.82, 2.24) is 30.1 Å². The molecule has 3 aromatic rings. The number of fused-ring (bicyclic) bond motifs is 1. The molecule has 0 amide bonds. The molecule has 8 nitrogen and oxygen atoms in total. The first-order valence-electron chi connectivity index (χ1n) is 12.2. The fourth-order valence-corrected chi connectivity index (χ4v) is 6.05. The fraction of sp³-hybridized carbons (Fsp3) is 0.600. The average Bonchev–Trinajstić information content (AvgIpc) is 2.77. The topological polar surface area (TPSA) is 89.8 Å². The highest BCUT2D eigenvalue weighted by Gasteiger charge is 2.79. The highest BCUT2D eigenvalue weighted by Crippen LogP contribution is 2.78. The van der Waals surface area contributed by atoms with E-state index in [9.17, 15) is 13.2 Å². The molecule has 7 rings (SSSR count). The van der Waals surface area contributed by atoms with Crippen molar-refractivity contribution >= 4 is 17.0 Å². The van der Waals surface area contributed by atoms with Crippen molar-refractivity contribution in [3.05, 3.63) is 40.7 Å². The van der Waals surface area contributed by atoms with Gasteiger partial charge in [-0.1, -0.05) is 0 Å². The average molecular weight is 500 g/mol. The van der Waals surface area contributed by atoms with Crippen LogP contribution in [0.15, 0.2) is 12.3 Å². The second-order valence-corrected chi connectivity index (χ2v) is 10.9. The van der Waals surface area contributed by atoms with E-state index in [2.05, 4.69) is 15.2 Å². The van der Waals surface area contributed by atoms with E-state index in [1.165, 1.54) is 0 Å². The van der Waals surface area contributed by atoms with E-state index in [-0.39, 0.29) is 31.3 Å². The second-order valence-electron chi connectivity index (χ2n) is 10.9. The van der Waals surface area contributed by atoms with Crippen LogP contribution in [-0.4, -0.2) is 57.0 Å². The van der Waals surface area contributed by atoms with Crippen LogP contribution in [0.1, 0.15) is 72.6 Å². The Balaban J connectivity index is 1.36. The molecule has 1 saturated heterocycles. The smallest absolute Gasteiger partial charge is 0.373 e. The summed E-state index contributed by atoms with van der Waals surface area (Å²) in [7, 11) is 3.81. The van der Waals surface area contributed by atoms with Gasteiger partial charge in [-0.15, -0.1) is 5.10 Å². The second kappa shape index (κ2) is 7.77. The van der Waals surface area contributed by atoms with Crippen molar-refractivity contribution in [2.24, 2.45) is 5.41 Å². The number of rotatable bonds is 4. The molecule has 3 saturated carbocycles. The zero-order valence-electron chi connectivity index (χ0n) is 20.7. The Hall–Kier alpha value is -2.95. The highest BCUT2D eigenvalue weighted by atomic mass is 19.4. The Kier molecular flexibility index (Phi) is 5.06. The lowest BCUT2D eigenvalue weighted by Crippen LogP contribution is -2.70. The molecule has 4 aliphatic rings. The zero-order chi connectivity index (χ0) is 25.5. The summed E-state index contributed by atoms with van der Waals surface area (Å²) in [6.45, 7) is 4.24. The van der Waals surface area contributed by atoms with Gasteiger partial charge in [0.2, 0.25) is 0 Å². The van der Waals surface area contributed by atoms with Gasteiger partial charge >= 0.3 is 6.18 Å². The summed E-state index contributed by atoms with van der Waals surface area (Å²) in [5.74, 6) is 1.34. The van der Waals surface area contributed by atoms with Crippen LogP contribution >= 0.6 is 0 Å². The number of aromatic nitrogens is 6. The molecule has 0 N–H and O–H groups in total. The number of halogens is 3. The molecule has 11 heteroatoms. The first-order chi connectivity index (χ1) is 17.0. The van der Waals surface area contributed by atoms with Crippen LogP contribution in [0, 0.1) is 19.3 Å². The first kappa shape index (κ1) is 23.4. The Morgan fingerprint density at radius 3 is 2.44 bits per heavy atom. The summed E-state index contributed by atoms with van der Waals surface area (Å²) >= 11 is 0. The maximum Gasteiger partial charge on any atom is 0.394 e. The van der Waals surface area contributed by atoms with Crippen molar-refractivity contribution in [3.63, 3.8) is 0 Å². The molecule has 0 radical (unpaired) electrons. The molecule has 0 spiro atoms. The Morgan fingerprint density at radius 2 is 1.75 bits per heavy atom. The monoisotopic (exact) mass is 499 g/mol. The first-order valence-corrected chi connectivity index (χ1v) is 12.2. The molecule has 0 unspecified atom stereocenters. The quantitative estimate of drug-likeness (QED) is 0.518. The molecule has 3 aliphatic carbocycles. The molecule has 190 valence electrons. The van der Waals surface area contributed by atoms with E-state index in [1.54, 1.807) is 6.20 Å². The van der Waals surface area contributed by atoms with Crippen LogP contribution in [0.3, 0.4) is 0 Å². The third-order valence-corrected chi connectivity index (χ3v) is 8.24. The van der Waals surface area contributed by atoms with Gasteiger partial charge in [0.25, 0.3) is 0 Å². The molecule has 4 fully saturated rings. The molecule has 2 atom stereocenters. The number of aryl methyl sites for hydroxylation is 2. The lowest BCUT2D eigenvalue weighted by molar-refractivity contribution is -0.337. The SMILES string of the molecule is Cc1nc2nc([C@@H]3CCO[C@@H](c4cnnc(N(C)C)c4)C3)nc(C34CC(C(F)(F)F)(C3)C4)c2nc1C. The van der Waals surface area contributed by atoms with Crippen molar-refractivity contribution in [1.29, 1.82) is 0 Å². The van der Waals surface area contributed by atoms with Gasteiger partial charge < -0.3 is 9.64 Å². The van der Waals surface area contributed by atoms with E-state index in [0.29, 0.717) is 35.7 Å². The predicted molar refractivity (Wildman–Crippen MR) is 126 cm³/mol. The molecule has 3 aromatic heterocycles. The highest BCUT2D eigenvalue weighted by molar-refractivity contribution is 5.75. The molecule has 1 aliphatic heterocycles. The molecular weight excluding hydrogens is 471 g/mol. The third-order valence-electron chi connectivity index (χ3n) is 8.24. The maximum absolute atomic E-state index is 13.6. The summed E-state index contributed by atoms with van der Waals surface area (Å²) in [4.78, 5) is 21.0. The van der Waals surface area contributed by atoms with Gasteiger partial charge in [-0.3, -0.25) is 0 Å². The molecule has 4 heterocycles. The number of anilines is 1. The number of nitrogens with zero attached hydrogens (tertiary/aromatic N) is 7. The number of alkyl halides is 3. The van der Waals surface area contributed by atoms with E-state index in [1.807, 2.05) is 38.9 Å². The van der Waals surface area contributed by atoms with Crippen molar-refractivity contribution < 1.29 is 17.9 Å². The van der Waals surface area contributed by atoms with E-state index < -0.39 is 17.0 Å². The number of ether oxygens (including phenoxy) is 1. The Morgan fingerprint density at radius 1 is 1.03 bits per heavy atom. The number of hydrogen-bond acceptors (Lipinski definition) is 8. The summed E-state index contributed by atoms with van der Waals surface area (Å²) < 4.78 is 46.9. The summed E-state index contributed by atoms with van der Waals surface area (Å²) in [5, 5.41) is 8.26. The molecular formula is C25H28F3N7O. The zero-order valence-corrected chi connectivity index (χ0v) is 20.7. The molecule has 0 aromatic carbocycles. The summed E-state index contributed by atoms with van der Waals surface area (Å²) in [5.41, 5.74) is 1.89. The minimum Gasteiger partial charge on any atom is -0.373 e. The van der Waals surface area contributed by atoms with Crippen molar-refractivity contribution in [3.8, 4) is 0 Å². The Bertz CT molecular complexity index is 1340. The van der Waals surface area contributed by atoms with E-state index in [0.717, 1.165) is 29.2 Å². The van der Waals surface area contributed by atoms with E-state index in [4.69, 9.17) is 19.7 Å². The third kappa shape index (κ3) is 3.46. The summed E-state index contributed by atoms with van der Waals surface area (Å²) in [6, 6.07) is 1.96. The van der Waals surface area contributed by atoms with E-state index >= 15 is 0 Å². The maximum atomic E-state index is 13.6. The largest absolute Gasteiger partial charge is 0.394 e. The van der Waals surface area contributed by atoms with Gasteiger partial charge in [-0.25, -0.2) is 19.9 Å². The van der Waals surface area contributed by atoms with Crippen LogP contribution < -0.4 is 4.90 Å². The number of hydrogen-bond donors (Lipinski definition) is 0. The standard InChI is InChI=1S/C25H28F3N7O/c1-13-14(2)31-22-19(30-13)20(23-10-24(11-23,12-23)25(26,27)28)32-21(33-22)15-5-6-36-17(7-15)16-8-18(35(3)4)34-29-9-16/h8-9,15,17H,5-7,10-12H2,1-4H3/t15-,17-,23?,24?/m1/s1. The van der Waals surface area contributed by atoms with Crippen LogP contribution in [0.5, 0.6) is 0 Å². The summed E-state index contributed by atoms with van der Waals surface area (Å²) in [6.07, 6.45) is -1.11. The van der Waals surface area contributed by atoms with Crippen LogP contribution in [-0.2, 0) is 10.2 Å². The minimum atomic E-state index is -4.18. The molecule has 36 heavy (non-hydrogen) atoms. The predicted octanol–water partition coefficient (Wildman–Crippen LogP) is 4.51. The van der Waals surface area contributed by atoms with Gasteiger partial charge in [0.05, 0.1) is 34.8 Å². The van der Waals surface area contributed by atoms with Crippen LogP contribution in [0.4, 0.5) is 19.0 Å². The van der Waals surface area contributed by atoms with Crippen molar-refractivity contribution in [2.75, 3.05) is 25.6 Å².